The molecule has 2 amide bonds. The number of nitrogens with one attached hydrogen (secondary N) is 1. The lowest BCUT2D eigenvalue weighted by Crippen LogP contribution is -2.40. The van der Waals surface area contributed by atoms with Crippen LogP contribution >= 0.6 is 11.6 Å². The van der Waals surface area contributed by atoms with Gasteiger partial charge in [0, 0.05) is 44.7 Å². The standard InChI is InChI=1S/C21H29ClFN3O3/c22-18-15-17(4-5-19(18)23)24-20(27)6-3-16-7-11-25(12-8-16)21(28)9-13-26-10-1-2-14-29-26/h4-5,15-16H,1-3,6-14H2,(H,24,27). The van der Waals surface area contributed by atoms with Gasteiger partial charge < -0.3 is 10.2 Å². The molecule has 2 saturated heterocycles. The van der Waals surface area contributed by atoms with Gasteiger partial charge in [0.15, 0.2) is 0 Å². The molecule has 2 aliphatic heterocycles. The quantitative estimate of drug-likeness (QED) is 0.720. The molecule has 1 N–H and O–H groups in total. The van der Waals surface area contributed by atoms with Gasteiger partial charge in [0.2, 0.25) is 11.8 Å². The maximum atomic E-state index is 13.2. The molecule has 2 fully saturated rings. The lowest BCUT2D eigenvalue weighted by atomic mass is 9.92. The van der Waals surface area contributed by atoms with Crippen LogP contribution in [0.1, 0.15) is 44.9 Å². The number of carbonyl (C=O) groups is 2. The molecule has 8 heteroatoms. The van der Waals surface area contributed by atoms with Crippen molar-refractivity contribution in [1.82, 2.24) is 9.96 Å². The van der Waals surface area contributed by atoms with Crippen molar-refractivity contribution in [2.24, 2.45) is 5.92 Å². The average molecular weight is 426 g/mol. The van der Waals surface area contributed by atoms with Gasteiger partial charge in [-0.05, 0) is 56.2 Å². The van der Waals surface area contributed by atoms with Crippen LogP contribution < -0.4 is 5.32 Å². The summed E-state index contributed by atoms with van der Waals surface area (Å²) >= 11 is 5.73. The van der Waals surface area contributed by atoms with Gasteiger partial charge in [-0.25, -0.2) is 4.39 Å². The van der Waals surface area contributed by atoms with E-state index in [2.05, 4.69) is 5.32 Å². The highest BCUT2D eigenvalue weighted by molar-refractivity contribution is 6.31. The SMILES string of the molecule is O=C(CCC1CCN(C(=O)CCN2CCCCO2)CC1)Nc1ccc(F)c(Cl)c1. The van der Waals surface area contributed by atoms with Crippen LogP contribution in [0, 0.1) is 11.7 Å². The number of likely N-dealkylation sites (tertiary alicyclic amines) is 1. The molecule has 0 unspecified atom stereocenters. The first-order chi connectivity index (χ1) is 14.0. The summed E-state index contributed by atoms with van der Waals surface area (Å²) in [6, 6.07) is 4.15. The zero-order valence-electron chi connectivity index (χ0n) is 16.7. The topological polar surface area (TPSA) is 61.9 Å². The van der Waals surface area contributed by atoms with E-state index in [1.54, 1.807) is 0 Å². The minimum absolute atomic E-state index is 0.00770. The van der Waals surface area contributed by atoms with Crippen LogP contribution in [0.2, 0.25) is 5.02 Å². The highest BCUT2D eigenvalue weighted by Gasteiger charge is 2.24. The highest BCUT2D eigenvalue weighted by atomic mass is 35.5. The molecule has 29 heavy (non-hydrogen) atoms. The van der Waals surface area contributed by atoms with E-state index < -0.39 is 5.82 Å². The Bertz CT molecular complexity index is 704. The molecule has 2 aliphatic rings. The Labute approximate surface area is 176 Å². The summed E-state index contributed by atoms with van der Waals surface area (Å²) in [5.74, 6) is 0.0118. The first-order valence-corrected chi connectivity index (χ1v) is 10.8. The molecular formula is C21H29ClFN3O3. The van der Waals surface area contributed by atoms with Gasteiger partial charge in [0.05, 0.1) is 11.6 Å². The summed E-state index contributed by atoms with van der Waals surface area (Å²) < 4.78 is 13.2. The van der Waals surface area contributed by atoms with Crippen molar-refractivity contribution in [3.05, 3.63) is 29.0 Å². The summed E-state index contributed by atoms with van der Waals surface area (Å²) in [7, 11) is 0. The Morgan fingerprint density at radius 1 is 1.17 bits per heavy atom. The van der Waals surface area contributed by atoms with Gasteiger partial charge in [-0.3, -0.25) is 14.4 Å². The van der Waals surface area contributed by atoms with Crippen LogP contribution in [0.4, 0.5) is 10.1 Å². The number of rotatable bonds is 7. The lowest BCUT2D eigenvalue weighted by molar-refractivity contribution is -0.182. The van der Waals surface area contributed by atoms with Gasteiger partial charge in [-0.2, -0.15) is 5.06 Å². The number of nitrogens with zero attached hydrogens (tertiary/aromatic N) is 2. The van der Waals surface area contributed by atoms with Crippen LogP contribution in [0.3, 0.4) is 0 Å². The first kappa shape index (κ1) is 22.0. The van der Waals surface area contributed by atoms with Crippen LogP contribution in [-0.2, 0) is 14.4 Å². The number of amides is 2. The highest BCUT2D eigenvalue weighted by Crippen LogP contribution is 2.24. The Morgan fingerprint density at radius 3 is 2.66 bits per heavy atom. The molecule has 0 aliphatic carbocycles. The van der Waals surface area contributed by atoms with Gasteiger partial charge in [0.25, 0.3) is 0 Å². The van der Waals surface area contributed by atoms with Crippen molar-refractivity contribution in [2.75, 3.05) is 38.1 Å². The third-order valence-electron chi connectivity index (χ3n) is 5.60. The third-order valence-corrected chi connectivity index (χ3v) is 5.89. The number of anilines is 1. The fraction of sp³-hybridized carbons (Fsp3) is 0.619. The summed E-state index contributed by atoms with van der Waals surface area (Å²) in [6.07, 6.45) is 5.73. The number of halogens is 2. The van der Waals surface area contributed by atoms with Crippen molar-refractivity contribution in [3.63, 3.8) is 0 Å². The zero-order valence-corrected chi connectivity index (χ0v) is 17.4. The lowest BCUT2D eigenvalue weighted by Gasteiger charge is -2.33. The molecule has 6 nitrogen and oxygen atoms in total. The summed E-state index contributed by atoms with van der Waals surface area (Å²) in [5.41, 5.74) is 0.500. The molecule has 3 rings (SSSR count). The van der Waals surface area contributed by atoms with Crippen LogP contribution in [-0.4, -0.2) is 54.6 Å². The zero-order chi connectivity index (χ0) is 20.6. The fourth-order valence-electron chi connectivity index (χ4n) is 3.81. The van der Waals surface area contributed by atoms with Gasteiger partial charge >= 0.3 is 0 Å². The maximum Gasteiger partial charge on any atom is 0.224 e. The van der Waals surface area contributed by atoms with Crippen molar-refractivity contribution < 1.29 is 18.8 Å². The number of carbonyl (C=O) groups excluding carboxylic acids is 2. The number of benzene rings is 1. The number of hydrogen-bond acceptors (Lipinski definition) is 4. The average Bonchev–Trinajstić information content (AvgIpc) is 2.74. The van der Waals surface area contributed by atoms with E-state index >= 15 is 0 Å². The fourth-order valence-corrected chi connectivity index (χ4v) is 3.99. The summed E-state index contributed by atoms with van der Waals surface area (Å²) in [6.45, 7) is 3.81. The molecule has 0 spiro atoms. The minimum Gasteiger partial charge on any atom is -0.343 e. The van der Waals surface area contributed by atoms with E-state index in [1.807, 2.05) is 9.96 Å². The molecule has 0 aromatic heterocycles. The smallest absolute Gasteiger partial charge is 0.224 e. The van der Waals surface area contributed by atoms with E-state index in [1.165, 1.54) is 18.2 Å². The monoisotopic (exact) mass is 425 g/mol. The molecular weight excluding hydrogens is 397 g/mol. The molecule has 2 heterocycles. The maximum absolute atomic E-state index is 13.2. The van der Waals surface area contributed by atoms with Gasteiger partial charge in [-0.15, -0.1) is 0 Å². The van der Waals surface area contributed by atoms with Crippen molar-refractivity contribution in [1.29, 1.82) is 0 Å². The van der Waals surface area contributed by atoms with Gasteiger partial charge in [-0.1, -0.05) is 11.6 Å². The van der Waals surface area contributed by atoms with Crippen molar-refractivity contribution in [2.45, 2.75) is 44.9 Å². The van der Waals surface area contributed by atoms with E-state index in [4.69, 9.17) is 16.4 Å². The number of hydrogen-bond donors (Lipinski definition) is 1. The van der Waals surface area contributed by atoms with Crippen LogP contribution in [0.15, 0.2) is 18.2 Å². The molecule has 1 aromatic carbocycles. The number of hydroxylamine groups is 2. The molecule has 0 radical (unpaired) electrons. The van der Waals surface area contributed by atoms with Crippen LogP contribution in [0.5, 0.6) is 0 Å². The van der Waals surface area contributed by atoms with E-state index in [9.17, 15) is 14.0 Å². The second kappa shape index (κ2) is 10.9. The summed E-state index contributed by atoms with van der Waals surface area (Å²) in [4.78, 5) is 32.0. The molecule has 1 aromatic rings. The molecule has 160 valence electrons. The van der Waals surface area contributed by atoms with E-state index in [0.717, 1.165) is 58.3 Å². The first-order valence-electron chi connectivity index (χ1n) is 10.4. The van der Waals surface area contributed by atoms with Crippen LogP contribution in [0.25, 0.3) is 0 Å². The predicted octanol–water partition coefficient (Wildman–Crippen LogP) is 3.85. The van der Waals surface area contributed by atoms with Crippen molar-refractivity contribution >= 4 is 29.1 Å². The Balaban J connectivity index is 1.32. The normalized spacial score (nSPS) is 18.6. The minimum atomic E-state index is -0.505. The predicted molar refractivity (Wildman–Crippen MR) is 110 cm³/mol. The Kier molecular flexibility index (Phi) is 8.27. The van der Waals surface area contributed by atoms with Crippen molar-refractivity contribution in [3.8, 4) is 0 Å². The summed E-state index contributed by atoms with van der Waals surface area (Å²) in [5, 5.41) is 4.65. The third kappa shape index (κ3) is 6.94. The second-order valence-corrected chi connectivity index (χ2v) is 8.17. The largest absolute Gasteiger partial charge is 0.343 e. The van der Waals surface area contributed by atoms with E-state index in [-0.39, 0.29) is 16.8 Å². The second-order valence-electron chi connectivity index (χ2n) is 7.76. The Hall–Kier alpha value is -1.70. The Morgan fingerprint density at radius 2 is 1.97 bits per heavy atom. The molecule has 0 bridgehead atoms. The number of piperidine rings is 1. The van der Waals surface area contributed by atoms with E-state index in [0.29, 0.717) is 31.0 Å². The molecule has 0 atom stereocenters. The molecule has 0 saturated carbocycles. The van der Waals surface area contributed by atoms with Gasteiger partial charge in [0.1, 0.15) is 5.82 Å².